The third-order valence-corrected chi connectivity index (χ3v) is 4.90. The van der Waals surface area contributed by atoms with Gasteiger partial charge in [0, 0.05) is 5.92 Å². The molecule has 144 valence electrons. The Hall–Kier alpha value is -0.610. The van der Waals surface area contributed by atoms with Gasteiger partial charge in [0.2, 0.25) is 5.91 Å². The van der Waals surface area contributed by atoms with Crippen LogP contribution >= 0.6 is 0 Å². The third-order valence-electron chi connectivity index (χ3n) is 4.90. The molecule has 4 heteroatoms. The smallest absolute Gasteiger partial charge is 0.229 e. The van der Waals surface area contributed by atoms with Crippen LogP contribution in [0.4, 0.5) is 0 Å². The summed E-state index contributed by atoms with van der Waals surface area (Å²) in [5.41, 5.74) is 0. The quantitative estimate of drug-likeness (QED) is 0.294. The highest BCUT2D eigenvalue weighted by Crippen LogP contribution is 2.18. The molecule has 0 aromatic carbocycles. The highest BCUT2D eigenvalue weighted by Gasteiger charge is 2.21. The first-order chi connectivity index (χ1) is 11.7. The van der Waals surface area contributed by atoms with E-state index in [9.17, 15) is 4.79 Å². The molecule has 0 aromatic rings. The van der Waals surface area contributed by atoms with Gasteiger partial charge in [0.15, 0.2) is 0 Å². The number of carbonyl (C=O) groups is 1. The van der Waals surface area contributed by atoms with Crippen molar-refractivity contribution < 1.29 is 15.0 Å². The Morgan fingerprint density at radius 3 is 1.54 bits per heavy atom. The average Bonchev–Trinajstić information content (AvgIpc) is 2.60. The predicted molar refractivity (Wildman–Crippen MR) is 100 cm³/mol. The molecule has 0 aliphatic carbocycles. The largest absolute Gasteiger partial charge is 0.376 e. The Balaban J connectivity index is 3.52. The lowest BCUT2D eigenvalue weighted by Gasteiger charge is -2.22. The van der Waals surface area contributed by atoms with Gasteiger partial charge in [-0.05, 0) is 12.8 Å². The Morgan fingerprint density at radius 1 is 0.750 bits per heavy atom. The molecule has 1 amide bonds. The molecule has 0 radical (unpaired) electrons. The lowest BCUT2D eigenvalue weighted by molar-refractivity contribution is -0.144. The van der Waals surface area contributed by atoms with E-state index in [-0.39, 0.29) is 11.8 Å². The number of amides is 1. The van der Waals surface area contributed by atoms with E-state index in [1.165, 1.54) is 70.6 Å². The van der Waals surface area contributed by atoms with Crippen molar-refractivity contribution in [1.82, 2.24) is 4.90 Å². The Kier molecular flexibility index (Phi) is 16.8. The third kappa shape index (κ3) is 11.9. The first kappa shape index (κ1) is 23.4. The summed E-state index contributed by atoms with van der Waals surface area (Å²) >= 11 is 0. The molecule has 0 saturated heterocycles. The molecular weight excluding hydrogens is 302 g/mol. The molecule has 1 atom stereocenters. The van der Waals surface area contributed by atoms with Crippen molar-refractivity contribution in [1.29, 1.82) is 0 Å². The summed E-state index contributed by atoms with van der Waals surface area (Å²) < 4.78 is 0. The van der Waals surface area contributed by atoms with Crippen molar-refractivity contribution in [2.24, 2.45) is 5.92 Å². The number of aliphatic hydroxyl groups excluding tert-OH is 2. The van der Waals surface area contributed by atoms with Gasteiger partial charge in [0.1, 0.15) is 13.5 Å². The lowest BCUT2D eigenvalue weighted by atomic mass is 9.96. The first-order valence-corrected chi connectivity index (χ1v) is 10.2. The van der Waals surface area contributed by atoms with Crippen LogP contribution in [-0.2, 0) is 4.79 Å². The van der Waals surface area contributed by atoms with Crippen LogP contribution in [0.15, 0.2) is 0 Å². The lowest BCUT2D eigenvalue weighted by Crippen LogP contribution is -2.37. The molecule has 0 aliphatic rings. The number of unbranched alkanes of at least 4 members (excludes halogenated alkanes) is 11. The van der Waals surface area contributed by atoms with Crippen LogP contribution < -0.4 is 0 Å². The van der Waals surface area contributed by atoms with Crippen LogP contribution in [0.3, 0.4) is 0 Å². The minimum absolute atomic E-state index is 0.0626. The van der Waals surface area contributed by atoms with Gasteiger partial charge in [-0.15, -0.1) is 0 Å². The van der Waals surface area contributed by atoms with Crippen molar-refractivity contribution in [2.75, 3.05) is 13.5 Å². The summed E-state index contributed by atoms with van der Waals surface area (Å²) in [7, 11) is 0. The van der Waals surface area contributed by atoms with Gasteiger partial charge in [0.05, 0.1) is 0 Å². The number of nitrogens with zero attached hydrogens (tertiary/aromatic N) is 1. The fourth-order valence-corrected chi connectivity index (χ4v) is 3.18. The number of hydrogen-bond acceptors (Lipinski definition) is 3. The summed E-state index contributed by atoms with van der Waals surface area (Å²) in [6.45, 7) is 3.46. The zero-order chi connectivity index (χ0) is 18.0. The Morgan fingerprint density at radius 2 is 1.17 bits per heavy atom. The van der Waals surface area contributed by atoms with Crippen LogP contribution in [0, 0.1) is 5.92 Å². The number of hydrogen-bond donors (Lipinski definition) is 2. The average molecular weight is 344 g/mol. The normalized spacial score (nSPS) is 12.3. The molecule has 4 nitrogen and oxygen atoms in total. The van der Waals surface area contributed by atoms with E-state index in [2.05, 4.69) is 6.92 Å². The predicted octanol–water partition coefficient (Wildman–Crippen LogP) is 4.83. The molecule has 0 aliphatic heterocycles. The molecule has 24 heavy (non-hydrogen) atoms. The zero-order valence-electron chi connectivity index (χ0n) is 16.1. The topological polar surface area (TPSA) is 60.8 Å². The van der Waals surface area contributed by atoms with Gasteiger partial charge in [0.25, 0.3) is 0 Å². The summed E-state index contributed by atoms with van der Waals surface area (Å²) in [4.78, 5) is 13.2. The maximum atomic E-state index is 12.1. The van der Waals surface area contributed by atoms with Crippen molar-refractivity contribution in [3.63, 3.8) is 0 Å². The molecule has 0 bridgehead atoms. The van der Waals surface area contributed by atoms with E-state index in [1.54, 1.807) is 0 Å². The van der Waals surface area contributed by atoms with Crippen molar-refractivity contribution in [2.45, 2.75) is 104 Å². The van der Waals surface area contributed by atoms with E-state index < -0.39 is 13.5 Å². The van der Waals surface area contributed by atoms with Gasteiger partial charge in [-0.3, -0.25) is 9.69 Å². The second-order valence-electron chi connectivity index (χ2n) is 6.94. The zero-order valence-corrected chi connectivity index (χ0v) is 16.1. The van der Waals surface area contributed by atoms with Crippen LogP contribution in [0.2, 0.25) is 0 Å². The summed E-state index contributed by atoms with van der Waals surface area (Å²) in [6.07, 6.45) is 17.4. The van der Waals surface area contributed by atoms with E-state index >= 15 is 0 Å². The Labute approximate surface area is 149 Å². The van der Waals surface area contributed by atoms with E-state index in [0.717, 1.165) is 24.2 Å². The summed E-state index contributed by atoms with van der Waals surface area (Å²) in [5, 5.41) is 18.1. The number of carbonyl (C=O) groups excluding carboxylic acids is 1. The fourth-order valence-electron chi connectivity index (χ4n) is 3.18. The molecule has 0 rings (SSSR count). The monoisotopic (exact) mass is 343 g/mol. The maximum absolute atomic E-state index is 12.1. The van der Waals surface area contributed by atoms with E-state index in [4.69, 9.17) is 10.2 Å². The van der Waals surface area contributed by atoms with E-state index in [0.29, 0.717) is 0 Å². The minimum atomic E-state index is -0.399. The summed E-state index contributed by atoms with van der Waals surface area (Å²) in [6, 6.07) is 0. The van der Waals surface area contributed by atoms with Crippen LogP contribution in [-0.4, -0.2) is 34.5 Å². The van der Waals surface area contributed by atoms with Crippen LogP contribution in [0.5, 0.6) is 0 Å². The van der Waals surface area contributed by atoms with Crippen LogP contribution in [0.25, 0.3) is 0 Å². The molecule has 0 aromatic heterocycles. The SMILES string of the molecule is CCCCCCCCCCCCCCC(CC)C(=O)N(CO)CO. The maximum Gasteiger partial charge on any atom is 0.229 e. The second-order valence-corrected chi connectivity index (χ2v) is 6.94. The van der Waals surface area contributed by atoms with Gasteiger partial charge in [-0.25, -0.2) is 0 Å². The fraction of sp³-hybridized carbons (Fsp3) is 0.950. The number of rotatable bonds is 17. The standard InChI is InChI=1S/C20H41NO3/c1-3-5-6-7-8-9-10-11-12-13-14-15-16-19(4-2)20(24)21(17-22)18-23/h19,22-23H,3-18H2,1-2H3. The van der Waals surface area contributed by atoms with Crippen molar-refractivity contribution in [3.05, 3.63) is 0 Å². The van der Waals surface area contributed by atoms with Crippen molar-refractivity contribution in [3.8, 4) is 0 Å². The van der Waals surface area contributed by atoms with Crippen molar-refractivity contribution >= 4 is 5.91 Å². The molecular formula is C20H41NO3. The highest BCUT2D eigenvalue weighted by molar-refractivity contribution is 5.78. The van der Waals surface area contributed by atoms with Gasteiger partial charge >= 0.3 is 0 Å². The molecule has 1 unspecified atom stereocenters. The van der Waals surface area contributed by atoms with Gasteiger partial charge in [-0.2, -0.15) is 0 Å². The Bertz CT molecular complexity index is 280. The molecule has 0 fully saturated rings. The van der Waals surface area contributed by atoms with E-state index in [1.807, 2.05) is 6.92 Å². The van der Waals surface area contributed by atoms with Gasteiger partial charge < -0.3 is 10.2 Å². The number of aliphatic hydroxyl groups is 2. The summed E-state index contributed by atoms with van der Waals surface area (Å²) in [5.74, 6) is -0.182. The highest BCUT2D eigenvalue weighted by atomic mass is 16.3. The molecule has 0 saturated carbocycles. The molecule has 2 N–H and O–H groups in total. The van der Waals surface area contributed by atoms with Gasteiger partial charge in [-0.1, -0.05) is 90.9 Å². The molecule has 0 spiro atoms. The molecule has 0 heterocycles. The minimum Gasteiger partial charge on any atom is -0.376 e. The second kappa shape index (κ2) is 17.2. The van der Waals surface area contributed by atoms with Crippen LogP contribution in [0.1, 0.15) is 104 Å². The first-order valence-electron chi connectivity index (χ1n) is 10.2.